The van der Waals surface area contributed by atoms with Gasteiger partial charge in [-0.1, -0.05) is 78.3 Å². The van der Waals surface area contributed by atoms with Crippen molar-refractivity contribution >= 4 is 29.9 Å². The lowest BCUT2D eigenvalue weighted by Crippen LogP contribution is -2.47. The highest BCUT2D eigenvalue weighted by Crippen LogP contribution is 2.31. The van der Waals surface area contributed by atoms with Crippen molar-refractivity contribution < 1.29 is 4.79 Å². The molecule has 1 heterocycles. The fraction of sp³-hybridized carbons (Fsp3) is 0.269. The van der Waals surface area contributed by atoms with E-state index in [0.717, 1.165) is 31.5 Å². The standard InChI is InChI=1S/C26H27ClN2O.ClH/c27-24-11-9-19(10-12-24)17-25(28)26(30)29-15-13-21(14-16-29)23-8-4-7-22(18-23)20-5-2-1-3-6-20;/h1-12,18,21,25H,13-17,28H2;1H. The second-order valence-corrected chi connectivity index (χ2v) is 8.46. The molecule has 0 radical (unpaired) electrons. The summed E-state index contributed by atoms with van der Waals surface area (Å²) in [5, 5.41) is 0.692. The summed E-state index contributed by atoms with van der Waals surface area (Å²) in [6.07, 6.45) is 2.48. The zero-order chi connectivity index (χ0) is 20.9. The molecule has 1 atom stereocenters. The number of likely N-dealkylation sites (tertiary alicyclic amines) is 1. The number of amides is 1. The van der Waals surface area contributed by atoms with Gasteiger partial charge in [-0.3, -0.25) is 4.79 Å². The van der Waals surface area contributed by atoms with Crippen molar-refractivity contribution in [3.8, 4) is 11.1 Å². The summed E-state index contributed by atoms with van der Waals surface area (Å²) in [7, 11) is 0. The number of benzene rings is 3. The van der Waals surface area contributed by atoms with Crippen molar-refractivity contribution in [1.82, 2.24) is 4.90 Å². The van der Waals surface area contributed by atoms with E-state index in [1.807, 2.05) is 35.2 Å². The summed E-state index contributed by atoms with van der Waals surface area (Å²) >= 11 is 5.93. The lowest BCUT2D eigenvalue weighted by atomic mass is 9.87. The van der Waals surface area contributed by atoms with Gasteiger partial charge in [-0.05, 0) is 59.6 Å². The summed E-state index contributed by atoms with van der Waals surface area (Å²) in [5.74, 6) is 0.520. The third-order valence-electron chi connectivity index (χ3n) is 5.96. The lowest BCUT2D eigenvalue weighted by molar-refractivity contribution is -0.133. The molecular weight excluding hydrogens is 427 g/mol. The number of hydrogen-bond acceptors (Lipinski definition) is 2. The van der Waals surface area contributed by atoms with Crippen molar-refractivity contribution in [2.45, 2.75) is 31.2 Å². The first-order valence-corrected chi connectivity index (χ1v) is 10.9. The van der Waals surface area contributed by atoms with Crippen molar-refractivity contribution in [2.24, 2.45) is 5.73 Å². The van der Waals surface area contributed by atoms with Gasteiger partial charge in [0.25, 0.3) is 0 Å². The Labute approximate surface area is 195 Å². The lowest BCUT2D eigenvalue weighted by Gasteiger charge is -2.34. The molecule has 1 aliphatic heterocycles. The van der Waals surface area contributed by atoms with Crippen LogP contribution in [0.25, 0.3) is 11.1 Å². The van der Waals surface area contributed by atoms with E-state index in [4.69, 9.17) is 17.3 Å². The van der Waals surface area contributed by atoms with Gasteiger partial charge < -0.3 is 10.6 Å². The zero-order valence-electron chi connectivity index (χ0n) is 17.4. The molecule has 3 aromatic rings. The Balaban J connectivity index is 0.00000272. The first-order valence-electron chi connectivity index (χ1n) is 10.5. The van der Waals surface area contributed by atoms with Gasteiger partial charge in [-0.25, -0.2) is 0 Å². The molecule has 5 heteroatoms. The first kappa shape index (κ1) is 23.3. The molecule has 1 unspecified atom stereocenters. The molecule has 31 heavy (non-hydrogen) atoms. The van der Waals surface area contributed by atoms with Crippen molar-refractivity contribution in [1.29, 1.82) is 0 Å². The summed E-state index contributed by atoms with van der Waals surface area (Å²) in [6.45, 7) is 1.51. The number of rotatable bonds is 5. The van der Waals surface area contributed by atoms with E-state index < -0.39 is 6.04 Å². The highest BCUT2D eigenvalue weighted by molar-refractivity contribution is 6.30. The molecule has 2 N–H and O–H groups in total. The summed E-state index contributed by atoms with van der Waals surface area (Å²) in [6, 6.07) is 26.3. The van der Waals surface area contributed by atoms with Crippen LogP contribution < -0.4 is 5.73 Å². The Bertz CT molecular complexity index is 984. The Morgan fingerprint density at radius 3 is 2.26 bits per heavy atom. The maximum absolute atomic E-state index is 12.8. The van der Waals surface area contributed by atoms with Gasteiger partial charge in [0, 0.05) is 18.1 Å². The molecule has 1 aliphatic rings. The molecule has 0 bridgehead atoms. The van der Waals surface area contributed by atoms with Gasteiger partial charge in [0.1, 0.15) is 0 Å². The number of hydrogen-bond donors (Lipinski definition) is 1. The van der Waals surface area contributed by atoms with Crippen LogP contribution in [0.5, 0.6) is 0 Å². The van der Waals surface area contributed by atoms with Crippen LogP contribution >= 0.6 is 24.0 Å². The van der Waals surface area contributed by atoms with Gasteiger partial charge in [0.05, 0.1) is 6.04 Å². The van der Waals surface area contributed by atoms with Gasteiger partial charge >= 0.3 is 0 Å². The Hall–Kier alpha value is -2.33. The van der Waals surface area contributed by atoms with Gasteiger partial charge in [0.15, 0.2) is 0 Å². The third kappa shape index (κ3) is 5.88. The van der Waals surface area contributed by atoms with Crippen LogP contribution in [0.2, 0.25) is 5.02 Å². The molecule has 1 amide bonds. The van der Waals surface area contributed by atoms with Crippen LogP contribution in [0, 0.1) is 0 Å². The van der Waals surface area contributed by atoms with Crippen molar-refractivity contribution in [2.75, 3.05) is 13.1 Å². The molecular formula is C26H28Cl2N2O. The topological polar surface area (TPSA) is 46.3 Å². The molecule has 1 fully saturated rings. The minimum absolute atomic E-state index is 0. The normalized spacial score (nSPS) is 15.2. The van der Waals surface area contributed by atoms with Crippen molar-refractivity contribution in [3.63, 3.8) is 0 Å². The average molecular weight is 455 g/mol. The van der Waals surface area contributed by atoms with E-state index in [2.05, 4.69) is 48.5 Å². The molecule has 4 rings (SSSR count). The maximum Gasteiger partial charge on any atom is 0.239 e. The first-order chi connectivity index (χ1) is 14.6. The fourth-order valence-electron chi connectivity index (χ4n) is 4.23. The Morgan fingerprint density at radius 1 is 0.935 bits per heavy atom. The van der Waals surface area contributed by atoms with Crippen LogP contribution in [0.3, 0.4) is 0 Å². The quantitative estimate of drug-likeness (QED) is 0.536. The highest BCUT2D eigenvalue weighted by Gasteiger charge is 2.27. The Morgan fingerprint density at radius 2 is 1.58 bits per heavy atom. The minimum atomic E-state index is -0.510. The number of carbonyl (C=O) groups is 1. The Kier molecular flexibility index (Phi) is 8.14. The van der Waals surface area contributed by atoms with Crippen LogP contribution in [-0.4, -0.2) is 29.9 Å². The molecule has 162 valence electrons. The van der Waals surface area contributed by atoms with E-state index >= 15 is 0 Å². The maximum atomic E-state index is 12.8. The second-order valence-electron chi connectivity index (χ2n) is 8.03. The number of piperidine rings is 1. The SMILES string of the molecule is Cl.NC(Cc1ccc(Cl)cc1)C(=O)N1CCC(c2cccc(-c3ccccc3)c2)CC1. The summed E-state index contributed by atoms with van der Waals surface area (Å²) in [4.78, 5) is 14.8. The fourth-order valence-corrected chi connectivity index (χ4v) is 4.36. The van der Waals surface area contributed by atoms with Crippen LogP contribution in [0.15, 0.2) is 78.9 Å². The van der Waals surface area contributed by atoms with Gasteiger partial charge in [0.2, 0.25) is 5.91 Å². The van der Waals surface area contributed by atoms with Crippen LogP contribution in [0.1, 0.15) is 29.9 Å². The second kappa shape index (κ2) is 10.8. The van der Waals surface area contributed by atoms with E-state index in [1.165, 1.54) is 16.7 Å². The molecule has 1 saturated heterocycles. The zero-order valence-corrected chi connectivity index (χ0v) is 19.0. The molecule has 3 nitrogen and oxygen atoms in total. The number of halogens is 2. The molecule has 0 aromatic heterocycles. The number of nitrogens with two attached hydrogens (primary N) is 1. The largest absolute Gasteiger partial charge is 0.341 e. The molecule has 3 aromatic carbocycles. The molecule has 0 spiro atoms. The number of nitrogens with zero attached hydrogens (tertiary/aromatic N) is 1. The predicted molar refractivity (Wildman–Crippen MR) is 131 cm³/mol. The van der Waals surface area contributed by atoms with E-state index in [1.54, 1.807) is 0 Å². The third-order valence-corrected chi connectivity index (χ3v) is 6.21. The van der Waals surface area contributed by atoms with Crippen LogP contribution in [-0.2, 0) is 11.2 Å². The smallest absolute Gasteiger partial charge is 0.239 e. The molecule has 0 saturated carbocycles. The predicted octanol–water partition coefficient (Wildman–Crippen LogP) is 5.70. The van der Waals surface area contributed by atoms with Gasteiger partial charge in [-0.15, -0.1) is 12.4 Å². The summed E-state index contributed by atoms with van der Waals surface area (Å²) < 4.78 is 0. The average Bonchev–Trinajstić information content (AvgIpc) is 2.81. The molecule has 0 aliphatic carbocycles. The van der Waals surface area contributed by atoms with E-state index in [-0.39, 0.29) is 18.3 Å². The van der Waals surface area contributed by atoms with Crippen LogP contribution in [0.4, 0.5) is 0 Å². The number of carbonyl (C=O) groups excluding carboxylic acids is 1. The van der Waals surface area contributed by atoms with E-state index in [0.29, 0.717) is 17.4 Å². The monoisotopic (exact) mass is 454 g/mol. The minimum Gasteiger partial charge on any atom is -0.341 e. The summed E-state index contributed by atoms with van der Waals surface area (Å²) in [5.41, 5.74) is 11.1. The highest BCUT2D eigenvalue weighted by atomic mass is 35.5. The van der Waals surface area contributed by atoms with Gasteiger partial charge in [-0.2, -0.15) is 0 Å². The van der Waals surface area contributed by atoms with E-state index in [9.17, 15) is 4.79 Å². The van der Waals surface area contributed by atoms with Crippen molar-refractivity contribution in [3.05, 3.63) is 95.0 Å².